The van der Waals surface area contributed by atoms with E-state index < -0.39 is 0 Å². The zero-order valence-electron chi connectivity index (χ0n) is 19.0. The molecule has 1 aromatic rings. The van der Waals surface area contributed by atoms with Crippen LogP contribution in [0, 0.1) is 17.2 Å². The molecule has 0 bridgehead atoms. The first-order chi connectivity index (χ1) is 14.5. The van der Waals surface area contributed by atoms with Crippen LogP contribution in [0.2, 0.25) is 0 Å². The van der Waals surface area contributed by atoms with Gasteiger partial charge in [0.25, 0.3) is 0 Å². The molecule has 0 heterocycles. The molecule has 0 saturated heterocycles. The van der Waals surface area contributed by atoms with Gasteiger partial charge in [-0.1, -0.05) is 44.9 Å². The van der Waals surface area contributed by atoms with Crippen molar-refractivity contribution in [2.45, 2.75) is 84.6 Å². The van der Waals surface area contributed by atoms with Gasteiger partial charge in [-0.15, -0.1) is 0 Å². The Hall–Kier alpha value is -2.16. The van der Waals surface area contributed by atoms with E-state index in [1.54, 1.807) is 17.7 Å². The lowest BCUT2D eigenvalue weighted by molar-refractivity contribution is 0.470. The minimum absolute atomic E-state index is 0.290. The van der Waals surface area contributed by atoms with Crippen LogP contribution in [0.4, 0.5) is 0 Å². The molecule has 2 aliphatic carbocycles. The first kappa shape index (κ1) is 22.5. The number of hydrogen-bond acceptors (Lipinski definition) is 3. The summed E-state index contributed by atoms with van der Waals surface area (Å²) < 4.78 is 0. The summed E-state index contributed by atoms with van der Waals surface area (Å²) in [6, 6.07) is 7.78. The highest BCUT2D eigenvalue weighted by atomic mass is 16.3. The lowest BCUT2D eigenvalue weighted by atomic mass is 9.78. The highest BCUT2D eigenvalue weighted by Gasteiger charge is 2.25. The van der Waals surface area contributed by atoms with E-state index in [0.29, 0.717) is 23.6 Å². The van der Waals surface area contributed by atoms with Crippen molar-refractivity contribution in [1.82, 2.24) is 0 Å². The molecule has 3 nitrogen and oxygen atoms in total. The van der Waals surface area contributed by atoms with E-state index in [9.17, 15) is 5.11 Å². The molecule has 2 aliphatic rings. The molecule has 0 aliphatic heterocycles. The Morgan fingerprint density at radius 1 is 1.13 bits per heavy atom. The van der Waals surface area contributed by atoms with Crippen molar-refractivity contribution >= 4 is 11.4 Å². The van der Waals surface area contributed by atoms with Gasteiger partial charge in [-0.05, 0) is 86.3 Å². The van der Waals surface area contributed by atoms with Crippen LogP contribution in [-0.4, -0.2) is 22.6 Å². The normalized spacial score (nSPS) is 25.1. The number of aromatic hydroxyl groups is 1. The summed E-state index contributed by atoms with van der Waals surface area (Å²) in [4.78, 5) is 5.22. The van der Waals surface area contributed by atoms with E-state index in [-0.39, 0.29) is 0 Å². The molecular formula is C27H38N2O. The second kappa shape index (κ2) is 10.7. The third-order valence-corrected chi connectivity index (χ3v) is 6.73. The molecule has 0 amide bonds. The molecule has 0 fully saturated rings. The molecule has 1 aromatic carbocycles. The standard InChI is InChI=1S/C27H38N2O/c1-4-7-26(23-10-12-24(30)13-11-23)29-27-15-9-20(18-22(27)6-3)16-19-8-14-25(28)21(5-2)17-19/h8,10-13,18,20-21,27-28,30H,4-7,9,14-17H2,1-3H3. The largest absolute Gasteiger partial charge is 0.508 e. The van der Waals surface area contributed by atoms with Gasteiger partial charge in [-0.25, -0.2) is 0 Å². The molecule has 0 spiro atoms. The molecule has 3 unspecified atom stereocenters. The van der Waals surface area contributed by atoms with E-state index >= 15 is 0 Å². The van der Waals surface area contributed by atoms with Crippen LogP contribution in [0.1, 0.15) is 84.1 Å². The van der Waals surface area contributed by atoms with Gasteiger partial charge in [-0.3, -0.25) is 4.99 Å². The maximum atomic E-state index is 9.62. The molecular weight excluding hydrogens is 368 g/mol. The third kappa shape index (κ3) is 5.71. The lowest BCUT2D eigenvalue weighted by Gasteiger charge is -2.29. The molecule has 30 heavy (non-hydrogen) atoms. The van der Waals surface area contributed by atoms with Crippen LogP contribution >= 0.6 is 0 Å². The number of phenols is 1. The van der Waals surface area contributed by atoms with Gasteiger partial charge in [0.1, 0.15) is 5.75 Å². The third-order valence-electron chi connectivity index (χ3n) is 6.73. The topological polar surface area (TPSA) is 56.4 Å². The smallest absolute Gasteiger partial charge is 0.115 e. The van der Waals surface area contributed by atoms with Crippen LogP contribution in [0.3, 0.4) is 0 Å². The first-order valence-corrected chi connectivity index (χ1v) is 11.9. The Bertz CT molecular complexity index is 816. The quantitative estimate of drug-likeness (QED) is 0.346. The SMILES string of the molecule is CCCC(=NC1CCC(CC2=CCC(=N)C(CC)C2)C=C1CC)c1ccc(O)cc1. The van der Waals surface area contributed by atoms with Crippen molar-refractivity contribution in [1.29, 1.82) is 5.41 Å². The predicted octanol–water partition coefficient (Wildman–Crippen LogP) is 7.25. The second-order valence-corrected chi connectivity index (χ2v) is 8.93. The molecule has 0 aromatic heterocycles. The highest BCUT2D eigenvalue weighted by molar-refractivity contribution is 6.00. The summed E-state index contributed by atoms with van der Waals surface area (Å²) in [5.74, 6) is 1.38. The van der Waals surface area contributed by atoms with Crippen LogP contribution in [0.25, 0.3) is 0 Å². The fraction of sp³-hybridized carbons (Fsp3) is 0.556. The van der Waals surface area contributed by atoms with E-state index in [1.807, 2.05) is 12.1 Å². The summed E-state index contributed by atoms with van der Waals surface area (Å²) in [5, 5.41) is 17.8. The molecule has 162 valence electrons. The average Bonchev–Trinajstić information content (AvgIpc) is 2.76. The van der Waals surface area contributed by atoms with Gasteiger partial charge in [-0.2, -0.15) is 0 Å². The predicted molar refractivity (Wildman–Crippen MR) is 128 cm³/mol. The highest BCUT2D eigenvalue weighted by Crippen LogP contribution is 2.35. The van der Waals surface area contributed by atoms with Crippen molar-refractivity contribution in [2.24, 2.45) is 16.8 Å². The molecule has 3 rings (SSSR count). The van der Waals surface area contributed by atoms with Crippen molar-refractivity contribution in [3.8, 4) is 5.75 Å². The Morgan fingerprint density at radius 3 is 2.57 bits per heavy atom. The maximum Gasteiger partial charge on any atom is 0.115 e. The fourth-order valence-electron chi connectivity index (χ4n) is 4.92. The molecule has 2 N–H and O–H groups in total. The molecule has 0 saturated carbocycles. The summed E-state index contributed by atoms with van der Waals surface area (Å²) >= 11 is 0. The Kier molecular flexibility index (Phi) is 8.07. The summed E-state index contributed by atoms with van der Waals surface area (Å²) in [6.07, 6.45) is 14.4. The minimum atomic E-state index is 0.290. The number of rotatable bonds is 8. The van der Waals surface area contributed by atoms with Crippen LogP contribution in [-0.2, 0) is 0 Å². The van der Waals surface area contributed by atoms with Gasteiger partial charge in [0.2, 0.25) is 0 Å². The maximum absolute atomic E-state index is 9.62. The second-order valence-electron chi connectivity index (χ2n) is 8.93. The van der Waals surface area contributed by atoms with Crippen molar-refractivity contribution in [3.63, 3.8) is 0 Å². The van der Waals surface area contributed by atoms with Crippen LogP contribution in [0.5, 0.6) is 5.75 Å². The number of nitrogens with zero attached hydrogens (tertiary/aromatic N) is 1. The van der Waals surface area contributed by atoms with E-state index in [2.05, 4.69) is 32.9 Å². The van der Waals surface area contributed by atoms with Crippen molar-refractivity contribution < 1.29 is 5.11 Å². The fourth-order valence-corrected chi connectivity index (χ4v) is 4.92. The van der Waals surface area contributed by atoms with Crippen molar-refractivity contribution in [3.05, 3.63) is 53.1 Å². The van der Waals surface area contributed by atoms with Crippen molar-refractivity contribution in [2.75, 3.05) is 0 Å². The number of nitrogens with one attached hydrogen (secondary N) is 1. The summed E-state index contributed by atoms with van der Waals surface area (Å²) in [6.45, 7) is 6.66. The lowest BCUT2D eigenvalue weighted by Crippen LogP contribution is -2.22. The monoisotopic (exact) mass is 406 g/mol. The number of benzene rings is 1. The molecule has 0 radical (unpaired) electrons. The van der Waals surface area contributed by atoms with Crippen LogP contribution in [0.15, 0.2) is 52.6 Å². The number of allylic oxidation sites excluding steroid dienone is 3. The number of phenolic OH excluding ortho intramolecular Hbond substituents is 1. The number of hydrogen-bond donors (Lipinski definition) is 2. The van der Waals surface area contributed by atoms with Gasteiger partial charge in [0.05, 0.1) is 6.04 Å². The Morgan fingerprint density at radius 2 is 1.90 bits per heavy atom. The van der Waals surface area contributed by atoms with Gasteiger partial charge in [0, 0.05) is 23.8 Å². The van der Waals surface area contributed by atoms with Gasteiger partial charge >= 0.3 is 0 Å². The Labute approximate surface area is 182 Å². The summed E-state index contributed by atoms with van der Waals surface area (Å²) in [7, 11) is 0. The van der Waals surface area contributed by atoms with Gasteiger partial charge < -0.3 is 10.5 Å². The van der Waals surface area contributed by atoms with Crippen LogP contribution < -0.4 is 0 Å². The average molecular weight is 407 g/mol. The summed E-state index contributed by atoms with van der Waals surface area (Å²) in [5.41, 5.74) is 6.26. The van der Waals surface area contributed by atoms with Gasteiger partial charge in [0.15, 0.2) is 0 Å². The Balaban J connectivity index is 1.74. The molecule has 3 atom stereocenters. The molecule has 3 heteroatoms. The first-order valence-electron chi connectivity index (χ1n) is 11.9. The number of aliphatic imine (C=N–C) groups is 1. The minimum Gasteiger partial charge on any atom is -0.508 e. The van der Waals surface area contributed by atoms with E-state index in [1.165, 1.54) is 17.7 Å². The van der Waals surface area contributed by atoms with E-state index in [0.717, 1.165) is 62.6 Å². The zero-order valence-corrected chi connectivity index (χ0v) is 19.0. The van der Waals surface area contributed by atoms with E-state index in [4.69, 9.17) is 10.4 Å². The zero-order chi connectivity index (χ0) is 21.5.